The number of para-hydroxylation sites is 1. The molecule has 2 aromatic carbocycles. The summed E-state index contributed by atoms with van der Waals surface area (Å²) in [4.78, 5) is 37.6. The Morgan fingerprint density at radius 3 is 2.45 bits per heavy atom. The predicted octanol–water partition coefficient (Wildman–Crippen LogP) is 4.58. The van der Waals surface area contributed by atoms with Gasteiger partial charge in [-0.25, -0.2) is 4.79 Å². The molecule has 0 fully saturated rings. The molecule has 29 heavy (non-hydrogen) atoms. The van der Waals surface area contributed by atoms with Crippen LogP contribution in [0.4, 0.5) is 5.69 Å². The van der Waals surface area contributed by atoms with Crippen LogP contribution >= 0.6 is 0 Å². The van der Waals surface area contributed by atoms with E-state index in [-0.39, 0.29) is 22.8 Å². The Hall–Kier alpha value is -3.67. The van der Waals surface area contributed by atoms with Crippen LogP contribution in [0.3, 0.4) is 0 Å². The Labute approximate surface area is 168 Å². The normalized spacial score (nSPS) is 11.6. The zero-order valence-electron chi connectivity index (χ0n) is 16.4. The monoisotopic (exact) mass is 391 g/mol. The van der Waals surface area contributed by atoms with Crippen LogP contribution in [0, 0.1) is 13.8 Å². The van der Waals surface area contributed by atoms with Gasteiger partial charge in [-0.3, -0.25) is 9.59 Å². The summed E-state index contributed by atoms with van der Waals surface area (Å²) in [5, 5.41) is 2.63. The van der Waals surface area contributed by atoms with Crippen molar-refractivity contribution >= 4 is 23.3 Å². The van der Waals surface area contributed by atoms with Crippen LogP contribution in [-0.2, 0) is 4.74 Å². The fourth-order valence-electron chi connectivity index (χ4n) is 2.86. The highest BCUT2D eigenvalue weighted by Crippen LogP contribution is 2.20. The lowest BCUT2D eigenvalue weighted by Gasteiger charge is -2.16. The molecule has 0 radical (unpaired) electrons. The largest absolute Gasteiger partial charge is 0.459 e. The van der Waals surface area contributed by atoms with Gasteiger partial charge in [-0.2, -0.15) is 0 Å². The number of nitrogens with one attached hydrogen (secondary N) is 1. The molecule has 0 bridgehead atoms. The van der Waals surface area contributed by atoms with Gasteiger partial charge in [0.2, 0.25) is 5.78 Å². The van der Waals surface area contributed by atoms with Gasteiger partial charge >= 0.3 is 5.97 Å². The lowest BCUT2D eigenvalue weighted by atomic mass is 9.99. The Bertz CT molecular complexity index is 1050. The van der Waals surface area contributed by atoms with Crippen LogP contribution in [0.1, 0.15) is 49.3 Å². The minimum atomic E-state index is -0.975. The first-order valence-corrected chi connectivity index (χ1v) is 9.13. The first-order valence-electron chi connectivity index (χ1n) is 9.13. The van der Waals surface area contributed by atoms with E-state index in [2.05, 4.69) is 5.32 Å². The number of benzene rings is 2. The summed E-state index contributed by atoms with van der Waals surface area (Å²) < 4.78 is 10.5. The second kappa shape index (κ2) is 8.56. The maximum atomic E-state index is 12.7. The van der Waals surface area contributed by atoms with Gasteiger partial charge in [0.15, 0.2) is 11.9 Å². The van der Waals surface area contributed by atoms with Gasteiger partial charge in [-0.1, -0.05) is 29.8 Å². The third-order valence-corrected chi connectivity index (χ3v) is 4.45. The van der Waals surface area contributed by atoms with E-state index >= 15 is 0 Å². The molecule has 6 heteroatoms. The molecule has 6 nitrogen and oxygen atoms in total. The summed E-state index contributed by atoms with van der Waals surface area (Å²) in [5.41, 5.74) is 2.70. The van der Waals surface area contributed by atoms with Crippen molar-refractivity contribution in [2.75, 3.05) is 5.32 Å². The Balaban J connectivity index is 1.76. The lowest BCUT2D eigenvalue weighted by molar-refractivity contribution is 0.0319. The third-order valence-electron chi connectivity index (χ3n) is 4.45. The number of aryl methyl sites for hydroxylation is 2. The zero-order valence-corrected chi connectivity index (χ0v) is 16.4. The molecule has 0 spiro atoms. The van der Waals surface area contributed by atoms with E-state index in [1.54, 1.807) is 30.3 Å². The fourth-order valence-corrected chi connectivity index (χ4v) is 2.86. The van der Waals surface area contributed by atoms with Crippen LogP contribution in [0.15, 0.2) is 65.3 Å². The highest BCUT2D eigenvalue weighted by Gasteiger charge is 2.24. The van der Waals surface area contributed by atoms with Crippen molar-refractivity contribution in [1.29, 1.82) is 0 Å². The summed E-state index contributed by atoms with van der Waals surface area (Å²) >= 11 is 0. The third kappa shape index (κ3) is 4.60. The number of hydrogen-bond acceptors (Lipinski definition) is 5. The van der Waals surface area contributed by atoms with Crippen molar-refractivity contribution in [3.63, 3.8) is 0 Å². The van der Waals surface area contributed by atoms with Gasteiger partial charge in [-0.05, 0) is 56.7 Å². The summed E-state index contributed by atoms with van der Waals surface area (Å²) in [6.07, 6.45) is 0.409. The van der Waals surface area contributed by atoms with E-state index in [9.17, 15) is 14.4 Å². The average molecular weight is 391 g/mol. The van der Waals surface area contributed by atoms with Crippen LogP contribution in [0.25, 0.3) is 0 Å². The Kier molecular flexibility index (Phi) is 5.93. The van der Waals surface area contributed by atoms with Gasteiger partial charge in [0, 0.05) is 5.56 Å². The van der Waals surface area contributed by atoms with Crippen molar-refractivity contribution in [3.05, 3.63) is 88.9 Å². The summed E-state index contributed by atoms with van der Waals surface area (Å²) in [6, 6.07) is 15.1. The molecular weight excluding hydrogens is 370 g/mol. The summed E-state index contributed by atoms with van der Waals surface area (Å²) in [5.74, 6) is -1.36. The predicted molar refractivity (Wildman–Crippen MR) is 108 cm³/mol. The van der Waals surface area contributed by atoms with Gasteiger partial charge in [0.1, 0.15) is 0 Å². The minimum absolute atomic E-state index is 0.117. The van der Waals surface area contributed by atoms with E-state index < -0.39 is 18.0 Å². The van der Waals surface area contributed by atoms with E-state index in [1.165, 1.54) is 25.3 Å². The second-order valence-corrected chi connectivity index (χ2v) is 6.71. The average Bonchev–Trinajstić information content (AvgIpc) is 3.24. The number of esters is 1. The minimum Gasteiger partial charge on any atom is -0.459 e. The van der Waals surface area contributed by atoms with Crippen LogP contribution in [0.2, 0.25) is 0 Å². The molecule has 0 aliphatic rings. The SMILES string of the molecule is Cc1ccc(C)c(C(=O)[C@@H](C)OC(=O)c2ccccc2NC(=O)c2ccco2)c1. The van der Waals surface area contributed by atoms with E-state index in [4.69, 9.17) is 9.15 Å². The Morgan fingerprint density at radius 2 is 1.72 bits per heavy atom. The molecule has 0 aliphatic carbocycles. The van der Waals surface area contributed by atoms with Gasteiger partial charge in [0.25, 0.3) is 5.91 Å². The van der Waals surface area contributed by atoms with E-state index in [1.807, 2.05) is 26.0 Å². The quantitative estimate of drug-likeness (QED) is 0.491. The molecular formula is C23H21NO5. The van der Waals surface area contributed by atoms with E-state index in [0.29, 0.717) is 5.56 Å². The van der Waals surface area contributed by atoms with E-state index in [0.717, 1.165) is 11.1 Å². The highest BCUT2D eigenvalue weighted by molar-refractivity contribution is 6.07. The molecule has 1 aromatic heterocycles. The fraction of sp³-hybridized carbons (Fsp3) is 0.174. The number of Topliss-reactive ketones (excluding diaryl/α,β-unsaturated/α-hetero) is 1. The number of carbonyl (C=O) groups is 3. The van der Waals surface area contributed by atoms with Crippen LogP contribution in [0.5, 0.6) is 0 Å². The number of carbonyl (C=O) groups excluding carboxylic acids is 3. The summed E-state index contributed by atoms with van der Waals surface area (Å²) in [7, 11) is 0. The molecule has 0 unspecified atom stereocenters. The molecule has 0 saturated carbocycles. The number of anilines is 1. The van der Waals surface area contributed by atoms with Crippen molar-refractivity contribution in [1.82, 2.24) is 0 Å². The van der Waals surface area contributed by atoms with Gasteiger partial charge < -0.3 is 14.5 Å². The number of furan rings is 1. The topological polar surface area (TPSA) is 85.6 Å². The Morgan fingerprint density at radius 1 is 0.966 bits per heavy atom. The van der Waals surface area contributed by atoms with Crippen molar-refractivity contribution in [2.24, 2.45) is 0 Å². The molecule has 3 rings (SSSR count). The molecule has 1 N–H and O–H groups in total. The molecule has 148 valence electrons. The number of rotatable bonds is 6. The maximum Gasteiger partial charge on any atom is 0.340 e. The van der Waals surface area contributed by atoms with Crippen molar-refractivity contribution < 1.29 is 23.5 Å². The first kappa shape index (κ1) is 20.1. The second-order valence-electron chi connectivity index (χ2n) is 6.71. The van der Waals surface area contributed by atoms with Gasteiger partial charge in [0.05, 0.1) is 17.5 Å². The van der Waals surface area contributed by atoms with Crippen molar-refractivity contribution in [2.45, 2.75) is 26.9 Å². The molecule has 1 amide bonds. The molecule has 0 saturated heterocycles. The molecule has 0 aliphatic heterocycles. The number of ether oxygens (including phenoxy) is 1. The van der Waals surface area contributed by atoms with Crippen LogP contribution < -0.4 is 5.32 Å². The molecule has 3 aromatic rings. The lowest BCUT2D eigenvalue weighted by Crippen LogP contribution is -2.26. The molecule has 1 heterocycles. The maximum absolute atomic E-state index is 12.7. The first-order chi connectivity index (χ1) is 13.9. The molecule has 1 atom stereocenters. The number of amides is 1. The number of hydrogen-bond donors (Lipinski definition) is 1. The van der Waals surface area contributed by atoms with Crippen molar-refractivity contribution in [3.8, 4) is 0 Å². The van der Waals surface area contributed by atoms with Gasteiger partial charge in [-0.15, -0.1) is 0 Å². The smallest absolute Gasteiger partial charge is 0.340 e. The standard InChI is InChI=1S/C23H21NO5/c1-14-10-11-15(2)18(13-14)21(25)16(3)29-23(27)17-7-4-5-8-19(17)24-22(26)20-9-6-12-28-20/h4-13,16H,1-3H3,(H,24,26)/t16-/m1/s1. The summed E-state index contributed by atoms with van der Waals surface area (Å²) in [6.45, 7) is 5.26. The highest BCUT2D eigenvalue weighted by atomic mass is 16.5. The van der Waals surface area contributed by atoms with Crippen LogP contribution in [-0.4, -0.2) is 23.8 Å². The number of ketones is 1. The zero-order chi connectivity index (χ0) is 21.0.